The highest BCUT2D eigenvalue weighted by atomic mass is 14.5. The molecule has 0 aliphatic carbocycles. The van der Waals surface area contributed by atoms with Gasteiger partial charge in [-0.25, -0.2) is 0 Å². The minimum atomic E-state index is -0.0725. The summed E-state index contributed by atoms with van der Waals surface area (Å²) in [5.74, 6) is 0. The average Bonchev–Trinajstić information content (AvgIpc) is 2.65. The summed E-state index contributed by atoms with van der Waals surface area (Å²) in [5, 5.41) is 0. The molecule has 24 heavy (non-hydrogen) atoms. The Labute approximate surface area is 146 Å². The lowest BCUT2D eigenvalue weighted by Gasteiger charge is -2.48. The van der Waals surface area contributed by atoms with Crippen LogP contribution < -0.4 is 0 Å². The number of rotatable bonds is 5. The molecule has 0 nitrogen and oxygen atoms in total. The molecule has 0 spiro atoms. The molecule has 0 saturated heterocycles. The highest BCUT2D eigenvalue weighted by Gasteiger charge is 2.47. The lowest BCUT2D eigenvalue weighted by atomic mass is 9.54. The van der Waals surface area contributed by atoms with E-state index in [1.165, 1.54) is 16.7 Å². The van der Waals surface area contributed by atoms with Gasteiger partial charge in [-0.3, -0.25) is 0 Å². The molecule has 3 rings (SSSR count). The van der Waals surface area contributed by atoms with Crippen LogP contribution in [0.15, 0.2) is 91.0 Å². The molecule has 0 bridgehead atoms. The van der Waals surface area contributed by atoms with Crippen LogP contribution in [-0.4, -0.2) is 0 Å². The van der Waals surface area contributed by atoms with Crippen molar-refractivity contribution in [1.82, 2.24) is 0 Å². The van der Waals surface area contributed by atoms with Gasteiger partial charge >= 0.3 is 0 Å². The Morgan fingerprint density at radius 2 is 0.875 bits per heavy atom. The summed E-state index contributed by atoms with van der Waals surface area (Å²) >= 11 is 0. The second-order valence-corrected chi connectivity index (χ2v) is 6.98. The van der Waals surface area contributed by atoms with Gasteiger partial charge in [0.15, 0.2) is 0 Å². The van der Waals surface area contributed by atoms with E-state index >= 15 is 0 Å². The molecule has 0 aliphatic heterocycles. The third-order valence-corrected chi connectivity index (χ3v) is 5.63. The molecule has 3 aromatic carbocycles. The Kier molecular flexibility index (Phi) is 4.57. The number of hydrogen-bond acceptors (Lipinski definition) is 0. The zero-order chi connectivity index (χ0) is 17.0. The van der Waals surface area contributed by atoms with Crippen molar-refractivity contribution in [2.75, 3.05) is 0 Å². The summed E-state index contributed by atoms with van der Waals surface area (Å²) < 4.78 is 0. The average molecular weight is 314 g/mol. The summed E-state index contributed by atoms with van der Waals surface area (Å²) in [6.07, 6.45) is 1.04. The van der Waals surface area contributed by atoms with Gasteiger partial charge in [-0.05, 0) is 23.1 Å². The van der Waals surface area contributed by atoms with E-state index in [-0.39, 0.29) is 10.8 Å². The van der Waals surface area contributed by atoms with Gasteiger partial charge in [0.2, 0.25) is 0 Å². The molecule has 0 fully saturated rings. The van der Waals surface area contributed by atoms with E-state index in [2.05, 4.69) is 112 Å². The van der Waals surface area contributed by atoms with E-state index < -0.39 is 0 Å². The van der Waals surface area contributed by atoms with Crippen LogP contribution in [0.3, 0.4) is 0 Å². The van der Waals surface area contributed by atoms with E-state index in [1.807, 2.05) is 0 Å². The molecule has 0 N–H and O–H groups in total. The van der Waals surface area contributed by atoms with E-state index in [0.29, 0.717) is 0 Å². The molecule has 0 aromatic heterocycles. The second-order valence-electron chi connectivity index (χ2n) is 6.98. The molecule has 0 aliphatic rings. The Hall–Kier alpha value is -2.34. The SMILES string of the molecule is CCC(c1ccccc1)(c1ccccc1)C(C)(C)c1ccccc1. The first kappa shape index (κ1) is 16.5. The maximum absolute atomic E-state index is 2.38. The summed E-state index contributed by atoms with van der Waals surface area (Å²) in [4.78, 5) is 0. The van der Waals surface area contributed by atoms with Crippen LogP contribution >= 0.6 is 0 Å². The maximum Gasteiger partial charge on any atom is 0.0291 e. The Morgan fingerprint density at radius 3 is 1.21 bits per heavy atom. The third-order valence-electron chi connectivity index (χ3n) is 5.63. The van der Waals surface area contributed by atoms with Crippen molar-refractivity contribution in [2.24, 2.45) is 0 Å². The standard InChI is InChI=1S/C24H26/c1-4-24(21-16-10-6-11-17-21,22-18-12-7-13-19-22)23(2,3)20-14-8-5-9-15-20/h5-19H,4H2,1-3H3. The molecular formula is C24H26. The van der Waals surface area contributed by atoms with Crippen molar-refractivity contribution in [1.29, 1.82) is 0 Å². The summed E-state index contributed by atoms with van der Waals surface area (Å²) in [7, 11) is 0. The van der Waals surface area contributed by atoms with Crippen molar-refractivity contribution in [3.05, 3.63) is 108 Å². The molecule has 0 amide bonds. The summed E-state index contributed by atoms with van der Waals surface area (Å²) in [5.41, 5.74) is 4.03. The normalized spacial score (nSPS) is 12.1. The molecule has 0 atom stereocenters. The molecule has 0 radical (unpaired) electrons. The Morgan fingerprint density at radius 1 is 0.542 bits per heavy atom. The highest BCUT2D eigenvalue weighted by molar-refractivity contribution is 5.47. The predicted octanol–water partition coefficient (Wildman–Crippen LogP) is 6.36. The van der Waals surface area contributed by atoms with Gasteiger partial charge in [0, 0.05) is 10.8 Å². The quantitative estimate of drug-likeness (QED) is 0.514. The lowest BCUT2D eigenvalue weighted by molar-refractivity contribution is 0.294. The van der Waals surface area contributed by atoms with Gasteiger partial charge < -0.3 is 0 Å². The van der Waals surface area contributed by atoms with E-state index in [0.717, 1.165) is 6.42 Å². The minimum Gasteiger partial charge on any atom is -0.0642 e. The lowest BCUT2D eigenvalue weighted by Crippen LogP contribution is -2.45. The molecular weight excluding hydrogens is 288 g/mol. The summed E-state index contributed by atoms with van der Waals surface area (Å²) in [6.45, 7) is 7.07. The van der Waals surface area contributed by atoms with Crippen LogP contribution in [0, 0.1) is 0 Å². The van der Waals surface area contributed by atoms with Gasteiger partial charge in [-0.1, -0.05) is 112 Å². The zero-order valence-electron chi connectivity index (χ0n) is 14.9. The van der Waals surface area contributed by atoms with Crippen LogP contribution in [0.25, 0.3) is 0 Å². The van der Waals surface area contributed by atoms with Gasteiger partial charge in [-0.15, -0.1) is 0 Å². The summed E-state index contributed by atoms with van der Waals surface area (Å²) in [6, 6.07) is 32.9. The van der Waals surface area contributed by atoms with E-state index in [9.17, 15) is 0 Å². The van der Waals surface area contributed by atoms with Crippen molar-refractivity contribution in [3.63, 3.8) is 0 Å². The number of hydrogen-bond donors (Lipinski definition) is 0. The maximum atomic E-state index is 2.38. The zero-order valence-corrected chi connectivity index (χ0v) is 14.9. The predicted molar refractivity (Wildman–Crippen MR) is 103 cm³/mol. The molecule has 0 unspecified atom stereocenters. The first-order valence-electron chi connectivity index (χ1n) is 8.79. The largest absolute Gasteiger partial charge is 0.0642 e. The fourth-order valence-corrected chi connectivity index (χ4v) is 4.29. The number of benzene rings is 3. The smallest absolute Gasteiger partial charge is 0.0291 e. The van der Waals surface area contributed by atoms with Crippen molar-refractivity contribution in [2.45, 2.75) is 38.0 Å². The molecule has 0 heterocycles. The van der Waals surface area contributed by atoms with Crippen LogP contribution in [-0.2, 0) is 10.8 Å². The van der Waals surface area contributed by atoms with Crippen LogP contribution in [0.2, 0.25) is 0 Å². The topological polar surface area (TPSA) is 0 Å². The van der Waals surface area contributed by atoms with Crippen LogP contribution in [0.1, 0.15) is 43.9 Å². The monoisotopic (exact) mass is 314 g/mol. The van der Waals surface area contributed by atoms with Crippen molar-refractivity contribution < 1.29 is 0 Å². The third kappa shape index (κ3) is 2.57. The fraction of sp³-hybridized carbons (Fsp3) is 0.250. The van der Waals surface area contributed by atoms with Crippen LogP contribution in [0.5, 0.6) is 0 Å². The minimum absolute atomic E-state index is 0.0360. The first-order valence-corrected chi connectivity index (χ1v) is 8.79. The van der Waals surface area contributed by atoms with Gasteiger partial charge in [0.05, 0.1) is 0 Å². The highest BCUT2D eigenvalue weighted by Crippen LogP contribution is 2.50. The van der Waals surface area contributed by atoms with Gasteiger partial charge in [0.25, 0.3) is 0 Å². The van der Waals surface area contributed by atoms with Gasteiger partial charge in [0.1, 0.15) is 0 Å². The molecule has 3 aromatic rings. The Balaban J connectivity index is 2.30. The van der Waals surface area contributed by atoms with E-state index in [1.54, 1.807) is 0 Å². The fourth-order valence-electron chi connectivity index (χ4n) is 4.29. The van der Waals surface area contributed by atoms with Gasteiger partial charge in [-0.2, -0.15) is 0 Å². The first-order chi connectivity index (χ1) is 11.6. The van der Waals surface area contributed by atoms with Crippen molar-refractivity contribution in [3.8, 4) is 0 Å². The van der Waals surface area contributed by atoms with Crippen LogP contribution in [0.4, 0.5) is 0 Å². The molecule has 0 saturated carbocycles. The molecule has 122 valence electrons. The van der Waals surface area contributed by atoms with E-state index in [4.69, 9.17) is 0 Å². The Bertz CT molecular complexity index is 715. The molecule has 0 heteroatoms. The second kappa shape index (κ2) is 6.65. The van der Waals surface area contributed by atoms with Crippen molar-refractivity contribution >= 4 is 0 Å².